The zero-order valence-electron chi connectivity index (χ0n) is 14.6. The quantitative estimate of drug-likeness (QED) is 0.692. The van der Waals surface area contributed by atoms with E-state index in [9.17, 15) is 22.0 Å². The summed E-state index contributed by atoms with van der Waals surface area (Å²) in [5.74, 6) is -0.664. The van der Waals surface area contributed by atoms with E-state index in [1.165, 1.54) is 12.3 Å². The van der Waals surface area contributed by atoms with E-state index in [0.29, 0.717) is 11.1 Å². The number of piperidine rings is 1. The van der Waals surface area contributed by atoms with Crippen molar-refractivity contribution in [2.24, 2.45) is 0 Å². The lowest BCUT2D eigenvalue weighted by molar-refractivity contribution is -0.274. The molecule has 0 aliphatic carbocycles. The maximum atomic E-state index is 12.5. The molecule has 1 aliphatic rings. The average Bonchev–Trinajstić information content (AvgIpc) is 3.09. The molecule has 0 unspecified atom stereocenters. The van der Waals surface area contributed by atoms with Crippen molar-refractivity contribution in [1.29, 1.82) is 0 Å². The third-order valence-electron chi connectivity index (χ3n) is 4.15. The largest absolute Gasteiger partial charge is 0.573 e. The van der Waals surface area contributed by atoms with Gasteiger partial charge >= 0.3 is 6.36 Å². The van der Waals surface area contributed by atoms with Crippen LogP contribution in [0.25, 0.3) is 11.1 Å². The highest BCUT2D eigenvalue weighted by Gasteiger charge is 2.31. The number of aromatic nitrogens is 2. The Labute approximate surface area is 164 Å². The van der Waals surface area contributed by atoms with E-state index in [0.717, 1.165) is 38.1 Å². The fourth-order valence-corrected chi connectivity index (χ4v) is 2.96. The summed E-state index contributed by atoms with van der Waals surface area (Å²) in [7, 11) is 0. The van der Waals surface area contributed by atoms with Crippen LogP contribution in [0, 0.1) is 0 Å². The number of benzene rings is 1. The van der Waals surface area contributed by atoms with E-state index >= 15 is 0 Å². The maximum absolute atomic E-state index is 12.5. The predicted molar refractivity (Wildman–Crippen MR) is 94.2 cm³/mol. The molecule has 1 saturated heterocycles. The molecule has 0 amide bonds. The van der Waals surface area contributed by atoms with Crippen molar-refractivity contribution in [2.45, 2.75) is 31.7 Å². The van der Waals surface area contributed by atoms with Gasteiger partial charge < -0.3 is 14.8 Å². The maximum Gasteiger partial charge on any atom is 0.573 e. The van der Waals surface area contributed by atoms with Crippen LogP contribution < -0.4 is 14.8 Å². The summed E-state index contributed by atoms with van der Waals surface area (Å²) in [5.41, 5.74) is 0.932. The standard InChI is InChI=1S/C17H18F5N3O2.ClH/c18-16(19)10-26-15-7-13(27-17(20,21)22)1-2-14(15)11-8-24-25(9-11)12-3-5-23-6-4-12;/h1-2,7-9,12,16,23H,3-6,10H2;1H. The summed E-state index contributed by atoms with van der Waals surface area (Å²) >= 11 is 0. The Balaban J connectivity index is 0.00000280. The van der Waals surface area contributed by atoms with Gasteiger partial charge in [0, 0.05) is 23.4 Å². The van der Waals surface area contributed by atoms with E-state index in [2.05, 4.69) is 15.2 Å². The molecule has 156 valence electrons. The molecule has 2 heterocycles. The highest BCUT2D eigenvalue weighted by Crippen LogP contribution is 2.36. The smallest absolute Gasteiger partial charge is 0.487 e. The van der Waals surface area contributed by atoms with Crippen LogP contribution in [0.5, 0.6) is 11.5 Å². The van der Waals surface area contributed by atoms with Crippen LogP contribution in [0.4, 0.5) is 22.0 Å². The Kier molecular flexibility index (Phi) is 7.48. The number of rotatable bonds is 6. The second-order valence-electron chi connectivity index (χ2n) is 6.10. The van der Waals surface area contributed by atoms with Crippen molar-refractivity contribution in [3.05, 3.63) is 30.6 Å². The Morgan fingerprint density at radius 1 is 1.21 bits per heavy atom. The van der Waals surface area contributed by atoms with Gasteiger partial charge in [0.25, 0.3) is 6.43 Å². The van der Waals surface area contributed by atoms with E-state index < -0.39 is 25.1 Å². The van der Waals surface area contributed by atoms with Crippen LogP contribution in [0.2, 0.25) is 0 Å². The number of hydrogen-bond donors (Lipinski definition) is 1. The number of ether oxygens (including phenoxy) is 2. The zero-order chi connectivity index (χ0) is 19.4. The minimum atomic E-state index is -4.89. The molecule has 5 nitrogen and oxygen atoms in total. The van der Waals surface area contributed by atoms with Gasteiger partial charge in [-0.3, -0.25) is 4.68 Å². The van der Waals surface area contributed by atoms with Crippen LogP contribution in [-0.2, 0) is 0 Å². The van der Waals surface area contributed by atoms with Crippen molar-refractivity contribution >= 4 is 12.4 Å². The van der Waals surface area contributed by atoms with Gasteiger partial charge in [0.1, 0.15) is 18.1 Å². The summed E-state index contributed by atoms with van der Waals surface area (Å²) in [4.78, 5) is 0. The van der Waals surface area contributed by atoms with Gasteiger partial charge in [-0.1, -0.05) is 0 Å². The van der Waals surface area contributed by atoms with Crippen molar-refractivity contribution in [2.75, 3.05) is 19.7 Å². The lowest BCUT2D eigenvalue weighted by Gasteiger charge is -2.22. The van der Waals surface area contributed by atoms with Gasteiger partial charge in [0.15, 0.2) is 0 Å². The topological polar surface area (TPSA) is 48.3 Å². The molecule has 0 atom stereocenters. The zero-order valence-corrected chi connectivity index (χ0v) is 15.4. The number of nitrogens with zero attached hydrogens (tertiary/aromatic N) is 2. The third kappa shape index (κ3) is 5.96. The van der Waals surface area contributed by atoms with Gasteiger partial charge in [-0.05, 0) is 38.1 Å². The molecular formula is C17H19ClF5N3O2. The predicted octanol–water partition coefficient (Wildman–Crippen LogP) is 4.44. The van der Waals surface area contributed by atoms with Crippen LogP contribution in [0.3, 0.4) is 0 Å². The van der Waals surface area contributed by atoms with Crippen LogP contribution in [-0.4, -0.2) is 42.3 Å². The Morgan fingerprint density at radius 3 is 2.57 bits per heavy atom. The minimum Gasteiger partial charge on any atom is -0.487 e. The molecule has 0 saturated carbocycles. The average molecular weight is 428 g/mol. The fourth-order valence-electron chi connectivity index (χ4n) is 2.96. The highest BCUT2D eigenvalue weighted by atomic mass is 35.5. The Morgan fingerprint density at radius 2 is 1.93 bits per heavy atom. The summed E-state index contributed by atoms with van der Waals surface area (Å²) in [6.07, 6.45) is -2.58. The fraction of sp³-hybridized carbons (Fsp3) is 0.471. The molecule has 1 aliphatic heterocycles. The number of alkyl halides is 5. The second-order valence-corrected chi connectivity index (χ2v) is 6.10. The molecule has 3 rings (SSSR count). The number of nitrogens with one attached hydrogen (secondary N) is 1. The molecule has 28 heavy (non-hydrogen) atoms. The third-order valence-corrected chi connectivity index (χ3v) is 4.15. The normalized spacial score (nSPS) is 15.4. The van der Waals surface area contributed by atoms with Crippen LogP contribution in [0.15, 0.2) is 30.6 Å². The van der Waals surface area contributed by atoms with Gasteiger partial charge in [0.2, 0.25) is 0 Å². The van der Waals surface area contributed by atoms with Gasteiger partial charge in [-0.2, -0.15) is 5.10 Å². The van der Waals surface area contributed by atoms with Crippen LogP contribution in [0.1, 0.15) is 18.9 Å². The minimum absolute atomic E-state index is 0. The van der Waals surface area contributed by atoms with E-state index in [1.807, 2.05) is 0 Å². The summed E-state index contributed by atoms with van der Waals surface area (Å²) in [5, 5.41) is 7.55. The Bertz CT molecular complexity index is 763. The van der Waals surface area contributed by atoms with Crippen molar-refractivity contribution < 1.29 is 31.4 Å². The molecule has 1 N–H and O–H groups in total. The van der Waals surface area contributed by atoms with Gasteiger partial charge in [0.05, 0.1) is 12.2 Å². The molecule has 0 spiro atoms. The Hall–Kier alpha value is -2.07. The molecular weight excluding hydrogens is 409 g/mol. The first-order valence-electron chi connectivity index (χ1n) is 8.38. The lowest BCUT2D eigenvalue weighted by atomic mass is 10.1. The first-order chi connectivity index (χ1) is 12.8. The molecule has 0 bridgehead atoms. The first-order valence-corrected chi connectivity index (χ1v) is 8.38. The molecule has 11 heteroatoms. The molecule has 0 radical (unpaired) electrons. The van der Waals surface area contributed by atoms with Crippen molar-refractivity contribution in [3.8, 4) is 22.6 Å². The van der Waals surface area contributed by atoms with Crippen molar-refractivity contribution in [1.82, 2.24) is 15.1 Å². The lowest BCUT2D eigenvalue weighted by Crippen LogP contribution is -2.29. The number of hydrogen-bond acceptors (Lipinski definition) is 4. The summed E-state index contributed by atoms with van der Waals surface area (Å²) in [6.45, 7) is 0.795. The summed E-state index contributed by atoms with van der Waals surface area (Å²) < 4.78 is 72.9. The molecule has 1 aromatic carbocycles. The molecule has 1 aromatic heterocycles. The molecule has 2 aromatic rings. The highest BCUT2D eigenvalue weighted by molar-refractivity contribution is 5.85. The first kappa shape index (κ1) is 22.2. The number of halogens is 6. The van der Waals surface area contributed by atoms with Crippen LogP contribution >= 0.6 is 12.4 Å². The van der Waals surface area contributed by atoms with Gasteiger partial charge in [-0.15, -0.1) is 25.6 Å². The summed E-state index contributed by atoms with van der Waals surface area (Å²) in [6, 6.07) is 3.61. The SMILES string of the molecule is Cl.FC(F)COc1cc(OC(F)(F)F)ccc1-c1cnn(C2CCNCC2)c1. The van der Waals surface area contributed by atoms with E-state index in [4.69, 9.17) is 4.74 Å². The van der Waals surface area contributed by atoms with Crippen molar-refractivity contribution in [3.63, 3.8) is 0 Å². The monoisotopic (exact) mass is 427 g/mol. The van der Waals surface area contributed by atoms with Gasteiger partial charge in [-0.25, -0.2) is 8.78 Å². The van der Waals surface area contributed by atoms with E-state index in [1.54, 1.807) is 10.9 Å². The molecule has 1 fully saturated rings. The second kappa shape index (κ2) is 9.42. The van der Waals surface area contributed by atoms with E-state index in [-0.39, 0.29) is 24.2 Å².